The predicted molar refractivity (Wildman–Crippen MR) is 94.2 cm³/mol. The van der Waals surface area contributed by atoms with E-state index < -0.39 is 0 Å². The molecule has 25 heavy (non-hydrogen) atoms. The largest absolute Gasteiger partial charge is 0.326 e. The van der Waals surface area contributed by atoms with Crippen LogP contribution in [0.25, 0.3) is 0 Å². The molecule has 0 spiro atoms. The molecular formula is C20H19N2O3. The van der Waals surface area contributed by atoms with E-state index in [2.05, 4.69) is 0 Å². The topological polar surface area (TPSA) is 80.5 Å². The molecule has 2 N–H and O–H groups in total. The smallest absolute Gasteiger partial charge is 0.261 e. The van der Waals surface area contributed by atoms with E-state index in [0.717, 1.165) is 16.7 Å². The van der Waals surface area contributed by atoms with Crippen molar-refractivity contribution in [2.24, 2.45) is 5.73 Å². The molecule has 0 unspecified atom stereocenters. The summed E-state index contributed by atoms with van der Waals surface area (Å²) in [5, 5.41) is 0. The SMILES string of the molecule is Cc1cc([C]=O)cc(C)c1C[C@H](N)CN1C(=O)c2ccccc2C1=O. The minimum absolute atomic E-state index is 0.160. The van der Waals surface area contributed by atoms with E-state index in [0.29, 0.717) is 23.1 Å². The van der Waals surface area contributed by atoms with Crippen LogP contribution in [0.4, 0.5) is 0 Å². The Balaban J connectivity index is 1.76. The van der Waals surface area contributed by atoms with Gasteiger partial charge in [0, 0.05) is 18.2 Å². The third-order valence-corrected chi connectivity index (χ3v) is 4.58. The number of nitrogens with two attached hydrogens (primary N) is 1. The normalized spacial score (nSPS) is 14.6. The highest BCUT2D eigenvalue weighted by molar-refractivity contribution is 6.21. The molecule has 1 aliphatic rings. The second-order valence-corrected chi connectivity index (χ2v) is 6.42. The molecule has 3 rings (SSSR count). The van der Waals surface area contributed by atoms with Gasteiger partial charge in [-0.05, 0) is 61.2 Å². The van der Waals surface area contributed by atoms with Crippen LogP contribution in [-0.4, -0.2) is 35.6 Å². The Morgan fingerprint density at radius 1 is 1.04 bits per heavy atom. The number of benzene rings is 2. The highest BCUT2D eigenvalue weighted by Crippen LogP contribution is 2.23. The standard InChI is InChI=1S/C20H19N2O3/c1-12-7-14(11-23)8-13(2)18(12)9-15(21)10-22-19(24)16-5-3-4-6-17(16)20(22)25/h3-8,15H,9-10,21H2,1-2H3/t15-/m0/s1. The number of amides is 2. The summed E-state index contributed by atoms with van der Waals surface area (Å²) in [7, 11) is 0. The second kappa shape index (κ2) is 6.61. The summed E-state index contributed by atoms with van der Waals surface area (Å²) in [5.74, 6) is -0.592. The number of nitrogens with zero attached hydrogens (tertiary/aromatic N) is 1. The van der Waals surface area contributed by atoms with Crippen LogP contribution in [0.3, 0.4) is 0 Å². The van der Waals surface area contributed by atoms with Crippen molar-refractivity contribution in [2.75, 3.05) is 6.54 Å². The Bertz CT molecular complexity index is 815. The molecule has 1 heterocycles. The lowest BCUT2D eigenvalue weighted by atomic mass is 9.94. The predicted octanol–water partition coefficient (Wildman–Crippen LogP) is 1.93. The molecular weight excluding hydrogens is 316 g/mol. The summed E-state index contributed by atoms with van der Waals surface area (Å²) >= 11 is 0. The second-order valence-electron chi connectivity index (χ2n) is 6.42. The minimum atomic E-state index is -0.384. The lowest BCUT2D eigenvalue weighted by Gasteiger charge is -2.21. The first kappa shape index (κ1) is 17.0. The van der Waals surface area contributed by atoms with Crippen molar-refractivity contribution in [2.45, 2.75) is 26.3 Å². The quantitative estimate of drug-likeness (QED) is 0.847. The summed E-state index contributed by atoms with van der Waals surface area (Å²) in [6, 6.07) is 9.95. The van der Waals surface area contributed by atoms with Gasteiger partial charge in [0.05, 0.1) is 11.1 Å². The van der Waals surface area contributed by atoms with Gasteiger partial charge in [0.25, 0.3) is 11.8 Å². The van der Waals surface area contributed by atoms with E-state index in [4.69, 9.17) is 5.73 Å². The van der Waals surface area contributed by atoms with Crippen LogP contribution in [0.5, 0.6) is 0 Å². The van der Waals surface area contributed by atoms with Crippen LogP contribution >= 0.6 is 0 Å². The molecule has 127 valence electrons. The summed E-state index contributed by atoms with van der Waals surface area (Å²) < 4.78 is 0. The van der Waals surface area contributed by atoms with Crippen LogP contribution in [-0.2, 0) is 11.2 Å². The minimum Gasteiger partial charge on any atom is -0.326 e. The van der Waals surface area contributed by atoms with Crippen LogP contribution in [0.15, 0.2) is 36.4 Å². The van der Waals surface area contributed by atoms with Crippen molar-refractivity contribution in [1.82, 2.24) is 4.90 Å². The Labute approximate surface area is 146 Å². The third-order valence-electron chi connectivity index (χ3n) is 4.58. The highest BCUT2D eigenvalue weighted by Gasteiger charge is 2.35. The van der Waals surface area contributed by atoms with Gasteiger partial charge in [-0.15, -0.1) is 0 Å². The van der Waals surface area contributed by atoms with E-state index in [1.807, 2.05) is 20.1 Å². The summed E-state index contributed by atoms with van der Waals surface area (Å²) in [6.45, 7) is 3.99. The molecule has 0 aliphatic carbocycles. The van der Waals surface area contributed by atoms with Gasteiger partial charge < -0.3 is 5.73 Å². The van der Waals surface area contributed by atoms with E-state index in [-0.39, 0.29) is 24.4 Å². The van der Waals surface area contributed by atoms with E-state index >= 15 is 0 Å². The number of hydrogen-bond acceptors (Lipinski definition) is 4. The van der Waals surface area contributed by atoms with Gasteiger partial charge in [-0.2, -0.15) is 0 Å². The Kier molecular flexibility index (Phi) is 4.51. The van der Waals surface area contributed by atoms with Crippen LogP contribution in [0.2, 0.25) is 0 Å². The zero-order chi connectivity index (χ0) is 18.1. The maximum absolute atomic E-state index is 12.4. The molecule has 5 heteroatoms. The zero-order valence-corrected chi connectivity index (χ0v) is 14.2. The molecule has 2 amide bonds. The molecule has 0 bridgehead atoms. The molecule has 2 aromatic rings. The zero-order valence-electron chi connectivity index (χ0n) is 14.2. The molecule has 5 nitrogen and oxygen atoms in total. The van der Waals surface area contributed by atoms with Crippen LogP contribution in [0, 0.1) is 13.8 Å². The fourth-order valence-electron chi connectivity index (χ4n) is 3.34. The molecule has 0 saturated heterocycles. The van der Waals surface area contributed by atoms with Crippen molar-refractivity contribution in [3.63, 3.8) is 0 Å². The van der Waals surface area contributed by atoms with E-state index in [1.165, 1.54) is 4.90 Å². The summed E-state index contributed by atoms with van der Waals surface area (Å²) in [6.07, 6.45) is 2.41. The number of imide groups is 1. The number of carbonyl (C=O) groups is 2. The molecule has 2 aromatic carbocycles. The number of fused-ring (bicyclic) bond motifs is 1. The first-order chi connectivity index (χ1) is 11.9. The van der Waals surface area contributed by atoms with E-state index in [1.54, 1.807) is 36.4 Å². The van der Waals surface area contributed by atoms with Crippen LogP contribution < -0.4 is 5.73 Å². The van der Waals surface area contributed by atoms with E-state index in [9.17, 15) is 14.4 Å². The van der Waals surface area contributed by atoms with Gasteiger partial charge in [0.1, 0.15) is 0 Å². The fraction of sp³-hybridized carbons (Fsp3) is 0.250. The number of hydrogen-bond donors (Lipinski definition) is 1. The van der Waals surface area contributed by atoms with Gasteiger partial charge in [0.2, 0.25) is 6.29 Å². The van der Waals surface area contributed by atoms with Crippen molar-refractivity contribution in [1.29, 1.82) is 0 Å². The van der Waals surface area contributed by atoms with Crippen molar-refractivity contribution in [3.8, 4) is 0 Å². The van der Waals surface area contributed by atoms with Gasteiger partial charge in [-0.25, -0.2) is 0 Å². The molecule has 0 saturated carbocycles. The lowest BCUT2D eigenvalue weighted by Crippen LogP contribution is -2.42. The molecule has 1 aliphatic heterocycles. The number of aryl methyl sites for hydroxylation is 2. The maximum atomic E-state index is 12.4. The maximum Gasteiger partial charge on any atom is 0.261 e. The monoisotopic (exact) mass is 335 g/mol. The molecule has 1 atom stereocenters. The highest BCUT2D eigenvalue weighted by atomic mass is 16.2. The molecule has 1 radical (unpaired) electrons. The Morgan fingerprint density at radius 3 is 2.04 bits per heavy atom. The first-order valence-electron chi connectivity index (χ1n) is 8.11. The number of carbonyl (C=O) groups excluding carboxylic acids is 3. The summed E-state index contributed by atoms with van der Waals surface area (Å²) in [5.41, 5.74) is 10.5. The van der Waals surface area contributed by atoms with Gasteiger partial charge in [-0.3, -0.25) is 19.3 Å². The van der Waals surface area contributed by atoms with Gasteiger partial charge in [0.15, 0.2) is 0 Å². The van der Waals surface area contributed by atoms with Crippen molar-refractivity contribution >= 4 is 18.1 Å². The van der Waals surface area contributed by atoms with Crippen LogP contribution in [0.1, 0.15) is 43.0 Å². The van der Waals surface area contributed by atoms with Crippen molar-refractivity contribution in [3.05, 3.63) is 69.8 Å². The van der Waals surface area contributed by atoms with Crippen molar-refractivity contribution < 1.29 is 14.4 Å². The van der Waals surface area contributed by atoms with Gasteiger partial charge >= 0.3 is 0 Å². The fourth-order valence-corrected chi connectivity index (χ4v) is 3.34. The molecule has 0 fully saturated rings. The Hall–Kier alpha value is -2.79. The average molecular weight is 335 g/mol. The van der Waals surface area contributed by atoms with Gasteiger partial charge in [-0.1, -0.05) is 12.1 Å². The average Bonchev–Trinajstić information content (AvgIpc) is 2.83. The summed E-state index contributed by atoms with van der Waals surface area (Å²) in [4.78, 5) is 36.9. The first-order valence-corrected chi connectivity index (χ1v) is 8.11. The molecule has 0 aromatic heterocycles. The third kappa shape index (κ3) is 3.10. The lowest BCUT2D eigenvalue weighted by molar-refractivity contribution is 0.0644. The number of rotatable bonds is 5. The Morgan fingerprint density at radius 2 is 1.56 bits per heavy atom.